The van der Waals surface area contributed by atoms with E-state index in [1.165, 1.54) is 5.57 Å². The first-order valence-electron chi connectivity index (χ1n) is 9.42. The number of Topliss-reactive ketones (excluding diaryl/α,β-unsaturated/α-hetero) is 1. The average molecular weight is 365 g/mol. The number of ketones is 1. The summed E-state index contributed by atoms with van der Waals surface area (Å²) < 4.78 is 0. The Morgan fingerprint density at radius 3 is 2.15 bits per heavy atom. The molecule has 0 saturated heterocycles. The van der Waals surface area contributed by atoms with Gasteiger partial charge < -0.3 is 10.2 Å². The summed E-state index contributed by atoms with van der Waals surface area (Å²) in [5.74, 6) is -1.91. The van der Waals surface area contributed by atoms with Crippen LogP contribution in [-0.2, 0) is 9.59 Å². The molecule has 0 aromatic heterocycles. The molecule has 0 saturated carbocycles. The molecular formula is C22H36O4. The fourth-order valence-corrected chi connectivity index (χ4v) is 2.91. The average Bonchev–Trinajstić information content (AvgIpc) is 2.58. The summed E-state index contributed by atoms with van der Waals surface area (Å²) in [6.45, 7) is 13.2. The van der Waals surface area contributed by atoms with E-state index in [4.69, 9.17) is 5.11 Å². The number of carbonyl (C=O) groups excluding carboxylic acids is 1. The summed E-state index contributed by atoms with van der Waals surface area (Å²) in [6, 6.07) is 0. The molecule has 0 bridgehead atoms. The largest absolute Gasteiger partial charge is 0.481 e. The van der Waals surface area contributed by atoms with Gasteiger partial charge in [-0.15, -0.1) is 0 Å². The molecule has 0 aromatic rings. The minimum atomic E-state index is -0.815. The van der Waals surface area contributed by atoms with Crippen molar-refractivity contribution in [3.8, 4) is 0 Å². The third-order valence-electron chi connectivity index (χ3n) is 4.93. The third kappa shape index (κ3) is 8.61. The first kappa shape index (κ1) is 24.3. The zero-order valence-corrected chi connectivity index (χ0v) is 17.3. The molecule has 2 N–H and O–H groups in total. The van der Waals surface area contributed by atoms with Crippen LogP contribution in [0.25, 0.3) is 0 Å². The Morgan fingerprint density at radius 2 is 1.65 bits per heavy atom. The van der Waals surface area contributed by atoms with Crippen LogP contribution in [0.5, 0.6) is 0 Å². The molecular weight excluding hydrogens is 328 g/mol. The second-order valence-electron chi connectivity index (χ2n) is 7.57. The van der Waals surface area contributed by atoms with E-state index in [0.717, 1.165) is 12.0 Å². The van der Waals surface area contributed by atoms with Gasteiger partial charge in [0.2, 0.25) is 0 Å². The zero-order valence-electron chi connectivity index (χ0n) is 17.3. The second-order valence-corrected chi connectivity index (χ2v) is 7.57. The molecule has 26 heavy (non-hydrogen) atoms. The monoisotopic (exact) mass is 364 g/mol. The fourth-order valence-electron chi connectivity index (χ4n) is 2.91. The molecule has 148 valence electrons. The number of aliphatic hydroxyl groups excluding tert-OH is 1. The summed E-state index contributed by atoms with van der Waals surface area (Å²) in [5.41, 5.74) is 2.13. The van der Waals surface area contributed by atoms with Crippen LogP contribution in [0.2, 0.25) is 0 Å². The Bertz CT molecular complexity index is 556. The van der Waals surface area contributed by atoms with Crippen LogP contribution < -0.4 is 0 Å². The van der Waals surface area contributed by atoms with Crippen LogP contribution >= 0.6 is 0 Å². The number of carboxylic acid groups (broad SMARTS) is 1. The molecule has 0 rings (SSSR count). The highest BCUT2D eigenvalue weighted by Crippen LogP contribution is 2.23. The van der Waals surface area contributed by atoms with Crippen molar-refractivity contribution >= 4 is 11.8 Å². The maximum atomic E-state index is 12.6. The van der Waals surface area contributed by atoms with E-state index in [1.54, 1.807) is 13.8 Å². The van der Waals surface area contributed by atoms with E-state index in [9.17, 15) is 14.7 Å². The van der Waals surface area contributed by atoms with E-state index >= 15 is 0 Å². The molecule has 4 heteroatoms. The Balaban J connectivity index is 4.81. The normalized spacial score (nSPS) is 19.1. The van der Waals surface area contributed by atoms with Gasteiger partial charge in [-0.2, -0.15) is 0 Å². The second kappa shape index (κ2) is 11.8. The highest BCUT2D eigenvalue weighted by atomic mass is 16.4. The Labute approximate surface area is 158 Å². The topological polar surface area (TPSA) is 74.6 Å². The first-order valence-corrected chi connectivity index (χ1v) is 9.42. The lowest BCUT2D eigenvalue weighted by atomic mass is 9.83. The lowest BCUT2D eigenvalue weighted by molar-refractivity contribution is -0.141. The van der Waals surface area contributed by atoms with Gasteiger partial charge in [-0.05, 0) is 39.5 Å². The van der Waals surface area contributed by atoms with E-state index < -0.39 is 23.9 Å². The minimum absolute atomic E-state index is 0.0223. The van der Waals surface area contributed by atoms with Crippen molar-refractivity contribution in [2.75, 3.05) is 0 Å². The van der Waals surface area contributed by atoms with Crippen molar-refractivity contribution in [1.82, 2.24) is 0 Å². The maximum absolute atomic E-state index is 12.6. The van der Waals surface area contributed by atoms with Crippen LogP contribution in [0.4, 0.5) is 0 Å². The molecule has 0 aliphatic rings. The summed E-state index contributed by atoms with van der Waals surface area (Å²) in [5, 5.41) is 19.4. The fraction of sp³-hybridized carbons (Fsp3) is 0.636. The minimum Gasteiger partial charge on any atom is -0.481 e. The Hall–Kier alpha value is -1.68. The van der Waals surface area contributed by atoms with Crippen molar-refractivity contribution in [3.63, 3.8) is 0 Å². The number of carbonyl (C=O) groups is 2. The number of hydrogen-bond donors (Lipinski definition) is 2. The number of allylic oxidation sites excluding steroid dienone is 6. The number of hydrogen-bond acceptors (Lipinski definition) is 3. The van der Waals surface area contributed by atoms with Gasteiger partial charge in [-0.1, -0.05) is 63.1 Å². The van der Waals surface area contributed by atoms with E-state index in [2.05, 4.69) is 0 Å². The maximum Gasteiger partial charge on any atom is 0.306 e. The van der Waals surface area contributed by atoms with Crippen LogP contribution in [0, 0.1) is 23.7 Å². The quantitative estimate of drug-likeness (QED) is 0.408. The summed E-state index contributed by atoms with van der Waals surface area (Å²) in [6.07, 6.45) is 8.14. The van der Waals surface area contributed by atoms with Gasteiger partial charge in [0.1, 0.15) is 5.78 Å². The zero-order chi connectivity index (χ0) is 20.4. The van der Waals surface area contributed by atoms with Gasteiger partial charge in [-0.3, -0.25) is 9.59 Å². The van der Waals surface area contributed by atoms with Crippen LogP contribution in [0.15, 0.2) is 35.5 Å². The highest BCUT2D eigenvalue weighted by Gasteiger charge is 2.29. The smallest absolute Gasteiger partial charge is 0.306 e. The summed E-state index contributed by atoms with van der Waals surface area (Å²) in [7, 11) is 0. The van der Waals surface area contributed by atoms with Crippen molar-refractivity contribution in [1.29, 1.82) is 0 Å². The van der Waals surface area contributed by atoms with Crippen molar-refractivity contribution in [2.45, 2.75) is 67.4 Å². The molecule has 5 atom stereocenters. The highest BCUT2D eigenvalue weighted by molar-refractivity contribution is 5.85. The molecule has 0 spiro atoms. The van der Waals surface area contributed by atoms with Crippen LogP contribution in [-0.4, -0.2) is 28.1 Å². The number of aliphatic hydroxyl groups is 1. The summed E-state index contributed by atoms with van der Waals surface area (Å²) in [4.78, 5) is 23.4. The Kier molecular flexibility index (Phi) is 11.1. The number of aliphatic carboxylic acids is 1. The van der Waals surface area contributed by atoms with Gasteiger partial charge in [0.15, 0.2) is 0 Å². The SMILES string of the molecule is C/C=C(\C)CC(C)C(O)C(C)C(=O)C(C)/C=C(C)/C=C/C[C@@H](C)C(=O)O. The molecule has 0 heterocycles. The molecule has 4 unspecified atom stereocenters. The molecule has 0 fully saturated rings. The van der Waals surface area contributed by atoms with Gasteiger partial charge in [-0.25, -0.2) is 0 Å². The van der Waals surface area contributed by atoms with Gasteiger partial charge in [0.05, 0.1) is 12.0 Å². The lowest BCUT2D eigenvalue weighted by Gasteiger charge is -2.25. The van der Waals surface area contributed by atoms with E-state index in [-0.39, 0.29) is 17.6 Å². The van der Waals surface area contributed by atoms with Gasteiger partial charge in [0.25, 0.3) is 0 Å². The summed E-state index contributed by atoms with van der Waals surface area (Å²) >= 11 is 0. The van der Waals surface area contributed by atoms with E-state index in [1.807, 2.05) is 58.9 Å². The molecule has 0 amide bonds. The van der Waals surface area contributed by atoms with Crippen molar-refractivity contribution in [3.05, 3.63) is 35.5 Å². The first-order chi connectivity index (χ1) is 12.0. The van der Waals surface area contributed by atoms with Crippen molar-refractivity contribution < 1.29 is 19.8 Å². The predicted molar refractivity (Wildman–Crippen MR) is 107 cm³/mol. The van der Waals surface area contributed by atoms with Crippen LogP contribution in [0.3, 0.4) is 0 Å². The standard InChI is InChI=1S/C22H36O4/c1-8-14(2)12-17(5)20(23)19(7)21(24)18(6)13-15(3)10-9-11-16(4)22(25)26/h8-10,13,16-20,23H,11-12H2,1-7H3,(H,25,26)/b10-9+,14-8+,15-13+/t16-,17?,18?,19?,20?/m1/s1. The van der Waals surface area contributed by atoms with E-state index in [0.29, 0.717) is 6.42 Å². The molecule has 4 nitrogen and oxygen atoms in total. The van der Waals surface area contributed by atoms with Gasteiger partial charge >= 0.3 is 5.97 Å². The predicted octanol–water partition coefficient (Wildman–Crippen LogP) is 4.79. The Morgan fingerprint density at radius 1 is 1.08 bits per heavy atom. The van der Waals surface area contributed by atoms with Crippen LogP contribution in [0.1, 0.15) is 61.3 Å². The van der Waals surface area contributed by atoms with Crippen molar-refractivity contribution in [2.24, 2.45) is 23.7 Å². The van der Waals surface area contributed by atoms with Gasteiger partial charge in [0, 0.05) is 11.8 Å². The molecule has 0 radical (unpaired) electrons. The molecule has 0 aliphatic carbocycles. The molecule has 0 aromatic carbocycles. The lowest BCUT2D eigenvalue weighted by Crippen LogP contribution is -2.34. The number of carboxylic acids is 1. The molecule has 0 aliphatic heterocycles. The number of rotatable bonds is 11. The third-order valence-corrected chi connectivity index (χ3v) is 4.93.